The van der Waals surface area contributed by atoms with Crippen molar-refractivity contribution in [2.24, 2.45) is 35.0 Å². The topological polar surface area (TPSA) is 120 Å². The van der Waals surface area contributed by atoms with Gasteiger partial charge in [0, 0.05) is 24.7 Å². The first kappa shape index (κ1) is 36.2. The number of hydrogen-bond donors (Lipinski definition) is 2. The Hall–Kier alpha value is -3.63. The maximum absolute atomic E-state index is 14.2. The fraction of sp³-hybridized carbons (Fsp3) is 0.575. The van der Waals surface area contributed by atoms with Crippen LogP contribution in [-0.2, 0) is 25.3 Å². The molecule has 2 N–H and O–H groups in total. The molecular formula is C40H53BN4O5. The van der Waals surface area contributed by atoms with E-state index in [-0.39, 0.29) is 59.2 Å². The van der Waals surface area contributed by atoms with Crippen molar-refractivity contribution in [2.45, 2.75) is 111 Å². The predicted molar refractivity (Wildman–Crippen MR) is 195 cm³/mol. The van der Waals surface area contributed by atoms with Gasteiger partial charge in [-0.25, -0.2) is 4.98 Å². The summed E-state index contributed by atoms with van der Waals surface area (Å²) in [5, 5.41) is 8.37. The zero-order chi connectivity index (χ0) is 35.8. The standard InChI is InChI=1S/C40H53BN4O5/c1-24(2)16-29(37(47)45-36(17-25(3)4)41-49-35-22-30-21-34(39(30,5)6)40(35,7)50-41)20-33(46)31(44-38(48)32-23-42-14-15-43-32)19-26-12-13-27-10-8-9-11-28(27)18-26/h8-15,18,23-25,29-31,34-36H,16-17,19-22H2,1-7H3,(H,44,48)(H,45,47)/t29-,30?,31+,34+,35?,36+,40+/m1/s1. The number of fused-ring (bicyclic) bond motifs is 1. The molecule has 0 radical (unpaired) electrons. The summed E-state index contributed by atoms with van der Waals surface area (Å²) in [6, 6.07) is 13.2. The molecule has 3 saturated carbocycles. The van der Waals surface area contributed by atoms with Gasteiger partial charge in [-0.15, -0.1) is 0 Å². The quantitative estimate of drug-likeness (QED) is 0.190. The second kappa shape index (κ2) is 14.5. The van der Waals surface area contributed by atoms with Crippen molar-refractivity contribution in [1.82, 2.24) is 20.6 Å². The zero-order valence-corrected chi connectivity index (χ0v) is 30.6. The van der Waals surface area contributed by atoms with Crippen molar-refractivity contribution in [3.05, 3.63) is 72.3 Å². The predicted octanol–water partition coefficient (Wildman–Crippen LogP) is 6.39. The molecule has 50 heavy (non-hydrogen) atoms. The number of ketones is 1. The lowest BCUT2D eigenvalue weighted by molar-refractivity contribution is -0.199. The van der Waals surface area contributed by atoms with Crippen LogP contribution in [0.3, 0.4) is 0 Å². The number of carbonyl (C=O) groups excluding carboxylic acids is 3. The molecule has 1 aliphatic heterocycles. The second-order valence-electron chi connectivity index (χ2n) is 16.6. The van der Waals surface area contributed by atoms with Gasteiger partial charge in [-0.2, -0.15) is 0 Å². The summed E-state index contributed by atoms with van der Waals surface area (Å²) in [5.74, 6) is -0.289. The normalized spacial score (nSPS) is 25.5. The lowest BCUT2D eigenvalue weighted by Gasteiger charge is -2.64. The summed E-state index contributed by atoms with van der Waals surface area (Å²) in [6.07, 6.45) is 7.95. The number of Topliss-reactive ketones (excluding diaryl/α,β-unsaturated/α-hetero) is 1. The van der Waals surface area contributed by atoms with Gasteiger partial charge in [0.05, 0.1) is 29.9 Å². The Kier molecular flexibility index (Phi) is 10.5. The van der Waals surface area contributed by atoms with E-state index in [0.717, 1.165) is 29.2 Å². The van der Waals surface area contributed by atoms with Crippen molar-refractivity contribution in [3.8, 4) is 0 Å². The van der Waals surface area contributed by atoms with Crippen molar-refractivity contribution >= 4 is 35.5 Å². The minimum atomic E-state index is -0.862. The van der Waals surface area contributed by atoms with Crippen LogP contribution in [0.1, 0.15) is 96.6 Å². The second-order valence-corrected chi connectivity index (χ2v) is 16.6. The van der Waals surface area contributed by atoms with Crippen molar-refractivity contribution in [3.63, 3.8) is 0 Å². The van der Waals surface area contributed by atoms with Crippen LogP contribution in [0.5, 0.6) is 0 Å². The largest absolute Gasteiger partial charge is 0.481 e. The maximum Gasteiger partial charge on any atom is 0.481 e. The van der Waals surface area contributed by atoms with E-state index in [0.29, 0.717) is 30.6 Å². The summed E-state index contributed by atoms with van der Waals surface area (Å²) < 4.78 is 13.4. The van der Waals surface area contributed by atoms with E-state index < -0.39 is 25.0 Å². The molecule has 3 aromatic rings. The van der Waals surface area contributed by atoms with E-state index in [9.17, 15) is 14.4 Å². The molecule has 1 aromatic heterocycles. The smallest absolute Gasteiger partial charge is 0.404 e. The van der Waals surface area contributed by atoms with Crippen LogP contribution >= 0.6 is 0 Å². The lowest BCUT2D eigenvalue weighted by Crippen LogP contribution is -2.65. The third-order valence-electron chi connectivity index (χ3n) is 11.7. The average Bonchev–Trinajstić information content (AvgIpc) is 3.44. The Morgan fingerprint density at radius 1 is 0.940 bits per heavy atom. The molecule has 2 unspecified atom stereocenters. The molecule has 9 nitrogen and oxygen atoms in total. The first-order chi connectivity index (χ1) is 23.7. The van der Waals surface area contributed by atoms with Gasteiger partial charge < -0.3 is 19.9 Å². The van der Waals surface area contributed by atoms with Gasteiger partial charge in [0.25, 0.3) is 5.91 Å². The number of rotatable bonds is 14. The zero-order valence-electron chi connectivity index (χ0n) is 30.6. The van der Waals surface area contributed by atoms with Crippen LogP contribution in [0.15, 0.2) is 61.1 Å². The summed E-state index contributed by atoms with van der Waals surface area (Å²) in [7, 11) is -0.547. The molecule has 7 rings (SSSR count). The average molecular weight is 681 g/mol. The molecule has 0 spiro atoms. The molecule has 2 amide bonds. The Morgan fingerprint density at radius 2 is 1.68 bits per heavy atom. The molecule has 4 fully saturated rings. The summed E-state index contributed by atoms with van der Waals surface area (Å²) >= 11 is 0. The summed E-state index contributed by atoms with van der Waals surface area (Å²) in [4.78, 5) is 49.9. The highest BCUT2D eigenvalue weighted by Crippen LogP contribution is 2.65. The third-order valence-corrected chi connectivity index (χ3v) is 11.7. The summed E-state index contributed by atoms with van der Waals surface area (Å²) in [6.45, 7) is 15.3. The number of aromatic nitrogens is 2. The first-order valence-electron chi connectivity index (χ1n) is 18.5. The van der Waals surface area contributed by atoms with Crippen LogP contribution in [-0.4, -0.2) is 58.4 Å². The maximum atomic E-state index is 14.2. The first-order valence-corrected chi connectivity index (χ1v) is 18.5. The Bertz CT molecular complexity index is 1700. The van der Waals surface area contributed by atoms with Gasteiger partial charge in [-0.3, -0.25) is 19.4 Å². The van der Waals surface area contributed by atoms with Crippen molar-refractivity contribution < 1.29 is 23.7 Å². The third kappa shape index (κ3) is 7.52. The number of benzene rings is 2. The number of nitrogens with one attached hydrogen (secondary N) is 2. The molecule has 4 aliphatic rings. The number of amides is 2. The van der Waals surface area contributed by atoms with Gasteiger partial charge in [-0.1, -0.05) is 84.0 Å². The minimum absolute atomic E-state index is 0.0117. The van der Waals surface area contributed by atoms with E-state index in [1.165, 1.54) is 18.6 Å². The van der Waals surface area contributed by atoms with Crippen molar-refractivity contribution in [1.29, 1.82) is 0 Å². The van der Waals surface area contributed by atoms with E-state index in [1.807, 2.05) is 42.5 Å². The number of nitrogens with zero attached hydrogens (tertiary/aromatic N) is 2. The van der Waals surface area contributed by atoms with E-state index >= 15 is 0 Å². The van der Waals surface area contributed by atoms with Gasteiger partial charge in [-0.05, 0) is 84.5 Å². The highest BCUT2D eigenvalue weighted by molar-refractivity contribution is 6.47. The summed E-state index contributed by atoms with van der Waals surface area (Å²) in [5.41, 5.74) is 0.876. The Labute approximate surface area is 297 Å². The van der Waals surface area contributed by atoms with E-state index in [1.54, 1.807) is 0 Å². The van der Waals surface area contributed by atoms with Crippen LogP contribution < -0.4 is 10.6 Å². The molecule has 7 atom stereocenters. The lowest BCUT2D eigenvalue weighted by atomic mass is 9.43. The number of hydrogen-bond acceptors (Lipinski definition) is 7. The molecule has 1 saturated heterocycles. The van der Waals surface area contributed by atoms with Crippen LogP contribution in [0.2, 0.25) is 0 Å². The highest BCUT2D eigenvalue weighted by Gasteiger charge is 2.68. The van der Waals surface area contributed by atoms with Crippen LogP contribution in [0.4, 0.5) is 0 Å². The molecule has 266 valence electrons. The minimum Gasteiger partial charge on any atom is -0.404 e. The van der Waals surface area contributed by atoms with Crippen molar-refractivity contribution in [2.75, 3.05) is 0 Å². The highest BCUT2D eigenvalue weighted by atomic mass is 16.7. The fourth-order valence-corrected chi connectivity index (χ4v) is 8.85. The van der Waals surface area contributed by atoms with Crippen LogP contribution in [0.25, 0.3) is 10.8 Å². The molecule has 2 bridgehead atoms. The SMILES string of the molecule is CC(C)C[C@H](CC(=O)[C@H](Cc1ccc2ccccc2c1)NC(=O)c1cnccn1)C(=O)N[C@@H](CC(C)C)B1OC2CC3C[C@@H](C3(C)C)[C@]2(C)O1. The molecule has 10 heteroatoms. The molecule has 3 aliphatic carbocycles. The van der Waals surface area contributed by atoms with Gasteiger partial charge >= 0.3 is 7.12 Å². The molecular weight excluding hydrogens is 627 g/mol. The Morgan fingerprint density at radius 3 is 2.36 bits per heavy atom. The number of carbonyl (C=O) groups is 3. The Balaban J connectivity index is 1.20. The van der Waals surface area contributed by atoms with E-state index in [2.05, 4.69) is 69.1 Å². The molecule has 2 aromatic carbocycles. The fourth-order valence-electron chi connectivity index (χ4n) is 8.85. The monoisotopic (exact) mass is 680 g/mol. The van der Waals surface area contributed by atoms with E-state index in [4.69, 9.17) is 9.31 Å². The molecule has 2 heterocycles. The van der Waals surface area contributed by atoms with Crippen LogP contribution in [0, 0.1) is 35.0 Å². The van der Waals surface area contributed by atoms with Gasteiger partial charge in [0.15, 0.2) is 5.78 Å². The van der Waals surface area contributed by atoms with Gasteiger partial charge in [0.2, 0.25) is 5.91 Å². The van der Waals surface area contributed by atoms with Gasteiger partial charge in [0.1, 0.15) is 5.69 Å².